The van der Waals surface area contributed by atoms with Gasteiger partial charge in [0, 0.05) is 6.20 Å². The van der Waals surface area contributed by atoms with E-state index in [1.807, 2.05) is 35.7 Å². The minimum Gasteiger partial charge on any atom is -0.480 e. The molecule has 1 N–H and O–H groups in total. The van der Waals surface area contributed by atoms with Crippen molar-refractivity contribution in [2.45, 2.75) is 30.5 Å². The summed E-state index contributed by atoms with van der Waals surface area (Å²) in [5.74, 6) is -0.823. The van der Waals surface area contributed by atoms with Crippen LogP contribution in [-0.2, 0) is 4.79 Å². The maximum absolute atomic E-state index is 11.1. The van der Waals surface area contributed by atoms with E-state index in [1.54, 1.807) is 13.8 Å². The van der Waals surface area contributed by atoms with E-state index in [2.05, 4.69) is 4.98 Å². The molecule has 5 heteroatoms. The first-order valence-electron chi connectivity index (χ1n) is 5.27. The summed E-state index contributed by atoms with van der Waals surface area (Å²) in [5, 5.41) is 10.0. The van der Waals surface area contributed by atoms with Crippen molar-refractivity contribution in [1.82, 2.24) is 9.38 Å². The average Bonchev–Trinajstić information content (AvgIpc) is 2.59. The van der Waals surface area contributed by atoms with Gasteiger partial charge in [-0.3, -0.25) is 9.20 Å². The molecule has 0 spiro atoms. The standard InChI is InChI=1S/C12H14N2O2S/c1-8-7-14-9(13-8)5-4-6-10(14)17-12(2,3)11(15)16/h4-7H,1-3H3,(H,15,16). The molecule has 2 heterocycles. The maximum Gasteiger partial charge on any atom is 0.319 e. The molecule has 4 nitrogen and oxygen atoms in total. The van der Waals surface area contributed by atoms with Crippen molar-refractivity contribution in [3.05, 3.63) is 30.1 Å². The van der Waals surface area contributed by atoms with Gasteiger partial charge in [-0.15, -0.1) is 0 Å². The SMILES string of the molecule is Cc1cn2c(SC(C)(C)C(=O)O)cccc2n1. The number of aryl methyl sites for hydroxylation is 1. The molecule has 0 aliphatic carbocycles. The third-order valence-corrected chi connectivity index (χ3v) is 3.68. The van der Waals surface area contributed by atoms with Gasteiger partial charge in [0.05, 0.1) is 10.7 Å². The molecular formula is C12H14N2O2S. The molecule has 90 valence electrons. The predicted molar refractivity (Wildman–Crippen MR) is 67.5 cm³/mol. The highest BCUT2D eigenvalue weighted by Gasteiger charge is 2.29. The van der Waals surface area contributed by atoms with Crippen LogP contribution in [0, 0.1) is 6.92 Å². The first kappa shape index (κ1) is 12.0. The van der Waals surface area contributed by atoms with E-state index >= 15 is 0 Å². The molecule has 0 aromatic carbocycles. The summed E-state index contributed by atoms with van der Waals surface area (Å²) >= 11 is 1.32. The topological polar surface area (TPSA) is 54.6 Å². The van der Waals surface area contributed by atoms with Crippen molar-refractivity contribution in [3.63, 3.8) is 0 Å². The number of imidazole rings is 1. The summed E-state index contributed by atoms with van der Waals surface area (Å²) < 4.78 is 1.07. The normalized spacial score (nSPS) is 11.9. The first-order chi connectivity index (χ1) is 7.90. The van der Waals surface area contributed by atoms with Crippen LogP contribution in [0.25, 0.3) is 5.65 Å². The Hall–Kier alpha value is -1.49. The number of carboxylic acid groups (broad SMARTS) is 1. The molecule has 2 aromatic rings. The van der Waals surface area contributed by atoms with Gasteiger partial charge in [0.2, 0.25) is 0 Å². The predicted octanol–water partition coefficient (Wildman–Crippen LogP) is 2.60. The number of hydrogen-bond donors (Lipinski definition) is 1. The third-order valence-electron chi connectivity index (χ3n) is 2.45. The van der Waals surface area contributed by atoms with E-state index in [4.69, 9.17) is 5.11 Å². The molecule has 0 saturated heterocycles. The zero-order chi connectivity index (χ0) is 12.6. The number of thioether (sulfide) groups is 1. The summed E-state index contributed by atoms with van der Waals surface area (Å²) in [6, 6.07) is 5.70. The third kappa shape index (κ3) is 2.29. The minimum atomic E-state index is -0.855. The zero-order valence-corrected chi connectivity index (χ0v) is 10.8. The van der Waals surface area contributed by atoms with E-state index < -0.39 is 10.7 Å². The van der Waals surface area contributed by atoms with Gasteiger partial charge in [-0.2, -0.15) is 0 Å². The Labute approximate surface area is 104 Å². The fraction of sp³-hybridized carbons (Fsp3) is 0.333. The number of carbonyl (C=O) groups is 1. The second kappa shape index (κ2) is 4.07. The largest absolute Gasteiger partial charge is 0.480 e. The van der Waals surface area contributed by atoms with Crippen LogP contribution in [0.3, 0.4) is 0 Å². The minimum absolute atomic E-state index is 0.823. The Morgan fingerprint density at radius 2 is 2.18 bits per heavy atom. The van der Waals surface area contributed by atoms with Crippen molar-refractivity contribution in [2.24, 2.45) is 0 Å². The van der Waals surface area contributed by atoms with Crippen molar-refractivity contribution in [1.29, 1.82) is 0 Å². The van der Waals surface area contributed by atoms with Crippen molar-refractivity contribution in [2.75, 3.05) is 0 Å². The highest BCUT2D eigenvalue weighted by atomic mass is 32.2. The van der Waals surface area contributed by atoms with Gasteiger partial charge in [0.15, 0.2) is 0 Å². The molecule has 0 fully saturated rings. The van der Waals surface area contributed by atoms with Gasteiger partial charge in [0.1, 0.15) is 10.4 Å². The number of carboxylic acids is 1. The molecular weight excluding hydrogens is 236 g/mol. The van der Waals surface area contributed by atoms with Gasteiger partial charge in [-0.1, -0.05) is 17.8 Å². The summed E-state index contributed by atoms with van der Waals surface area (Å²) in [6.07, 6.45) is 1.91. The van der Waals surface area contributed by atoms with Crippen LogP contribution in [0.15, 0.2) is 29.4 Å². The Morgan fingerprint density at radius 1 is 1.47 bits per heavy atom. The lowest BCUT2D eigenvalue weighted by molar-refractivity contribution is -0.138. The van der Waals surface area contributed by atoms with E-state index in [0.717, 1.165) is 16.4 Å². The quantitative estimate of drug-likeness (QED) is 0.851. The number of pyridine rings is 1. The number of aliphatic carboxylic acids is 1. The second-order valence-electron chi connectivity index (χ2n) is 4.39. The molecule has 0 bridgehead atoms. The van der Waals surface area contributed by atoms with Crippen LogP contribution in [0.2, 0.25) is 0 Å². The number of aromatic nitrogens is 2. The lowest BCUT2D eigenvalue weighted by Gasteiger charge is -2.18. The van der Waals surface area contributed by atoms with E-state index in [-0.39, 0.29) is 0 Å². The van der Waals surface area contributed by atoms with E-state index in [1.165, 1.54) is 11.8 Å². The highest BCUT2D eigenvalue weighted by molar-refractivity contribution is 8.01. The summed E-state index contributed by atoms with van der Waals surface area (Å²) in [5.41, 5.74) is 1.76. The van der Waals surface area contributed by atoms with Crippen molar-refractivity contribution >= 4 is 23.4 Å². The van der Waals surface area contributed by atoms with Crippen LogP contribution < -0.4 is 0 Å². The van der Waals surface area contributed by atoms with Crippen LogP contribution >= 0.6 is 11.8 Å². The van der Waals surface area contributed by atoms with Crippen LogP contribution in [-0.4, -0.2) is 25.2 Å². The molecule has 0 atom stereocenters. The summed E-state index contributed by atoms with van der Waals surface area (Å²) in [4.78, 5) is 15.5. The molecule has 0 unspecified atom stereocenters. The Balaban J connectivity index is 2.46. The zero-order valence-electron chi connectivity index (χ0n) is 9.97. The molecule has 0 aliphatic heterocycles. The average molecular weight is 250 g/mol. The van der Waals surface area contributed by atoms with Crippen molar-refractivity contribution in [3.8, 4) is 0 Å². The molecule has 2 aromatic heterocycles. The number of hydrogen-bond acceptors (Lipinski definition) is 3. The van der Waals surface area contributed by atoms with E-state index in [0.29, 0.717) is 0 Å². The van der Waals surface area contributed by atoms with Crippen molar-refractivity contribution < 1.29 is 9.90 Å². The second-order valence-corrected chi connectivity index (χ2v) is 6.04. The van der Waals surface area contributed by atoms with Gasteiger partial charge in [-0.05, 0) is 32.9 Å². The van der Waals surface area contributed by atoms with E-state index in [9.17, 15) is 4.79 Å². The molecule has 0 radical (unpaired) electrons. The monoisotopic (exact) mass is 250 g/mol. The first-order valence-corrected chi connectivity index (χ1v) is 6.09. The van der Waals surface area contributed by atoms with Crippen LogP contribution in [0.4, 0.5) is 0 Å². The van der Waals surface area contributed by atoms with Crippen LogP contribution in [0.1, 0.15) is 19.5 Å². The van der Waals surface area contributed by atoms with Gasteiger partial charge >= 0.3 is 5.97 Å². The molecule has 0 amide bonds. The number of rotatable bonds is 3. The molecule has 0 saturated carbocycles. The lowest BCUT2D eigenvalue weighted by atomic mass is 10.2. The highest BCUT2D eigenvalue weighted by Crippen LogP contribution is 2.32. The molecule has 17 heavy (non-hydrogen) atoms. The Bertz CT molecular complexity index is 575. The fourth-order valence-electron chi connectivity index (χ4n) is 1.50. The smallest absolute Gasteiger partial charge is 0.319 e. The maximum atomic E-state index is 11.1. The summed E-state index contributed by atoms with van der Waals surface area (Å²) in [7, 11) is 0. The van der Waals surface area contributed by atoms with Gasteiger partial charge in [0.25, 0.3) is 0 Å². The molecule has 0 aliphatic rings. The summed E-state index contributed by atoms with van der Waals surface area (Å²) in [6.45, 7) is 5.31. The van der Waals surface area contributed by atoms with Gasteiger partial charge < -0.3 is 5.11 Å². The number of nitrogens with zero attached hydrogens (tertiary/aromatic N) is 2. The fourth-order valence-corrected chi connectivity index (χ4v) is 2.50. The van der Waals surface area contributed by atoms with Crippen LogP contribution in [0.5, 0.6) is 0 Å². The van der Waals surface area contributed by atoms with Gasteiger partial charge in [-0.25, -0.2) is 4.98 Å². The number of fused-ring (bicyclic) bond motifs is 1. The Kier molecular flexibility index (Phi) is 2.87. The molecule has 2 rings (SSSR count). The lowest BCUT2D eigenvalue weighted by Crippen LogP contribution is -2.27. The Morgan fingerprint density at radius 3 is 2.82 bits per heavy atom.